The molecule has 0 aromatic carbocycles. The van der Waals surface area contributed by atoms with E-state index in [4.69, 9.17) is 10.9 Å². The zero-order valence-corrected chi connectivity index (χ0v) is 9.62. The van der Waals surface area contributed by atoms with Crippen molar-refractivity contribution in [1.29, 1.82) is 0 Å². The molecule has 15 heavy (non-hydrogen) atoms. The van der Waals surface area contributed by atoms with Crippen LogP contribution in [0.1, 0.15) is 46.5 Å². The molecule has 0 aliphatic rings. The lowest BCUT2D eigenvalue weighted by Crippen LogP contribution is -2.50. The summed E-state index contributed by atoms with van der Waals surface area (Å²) in [6.07, 6.45) is 1.49. The lowest BCUT2D eigenvalue weighted by molar-refractivity contribution is -0.138. The number of nitrogens with zero attached hydrogens (tertiary/aromatic N) is 1. The Kier molecular flexibility index (Phi) is 5.28. The average Bonchev–Trinajstić information content (AvgIpc) is 2.09. The van der Waals surface area contributed by atoms with Gasteiger partial charge in [0, 0.05) is 12.8 Å². The number of carbonyl (C=O) groups excluding carboxylic acids is 1. The van der Waals surface area contributed by atoms with Crippen molar-refractivity contribution in [3.63, 3.8) is 0 Å². The number of carboxylic acid groups (broad SMARTS) is 1. The molecule has 5 nitrogen and oxygen atoms in total. The number of aliphatic carboxylic acids is 1. The third-order valence-corrected chi connectivity index (χ3v) is 2.02. The van der Waals surface area contributed by atoms with Crippen LogP contribution in [0.15, 0.2) is 0 Å². The maximum atomic E-state index is 11.5. The summed E-state index contributed by atoms with van der Waals surface area (Å²) in [5.74, 6) is 4.63. The summed E-state index contributed by atoms with van der Waals surface area (Å²) in [7, 11) is 0. The first-order valence-electron chi connectivity index (χ1n) is 5.04. The van der Waals surface area contributed by atoms with Crippen molar-refractivity contribution >= 4 is 11.9 Å². The summed E-state index contributed by atoms with van der Waals surface area (Å²) in [6, 6.07) is 0. The Hall–Kier alpha value is -1.10. The smallest absolute Gasteiger partial charge is 0.303 e. The monoisotopic (exact) mass is 216 g/mol. The van der Waals surface area contributed by atoms with Crippen molar-refractivity contribution in [3.05, 3.63) is 0 Å². The van der Waals surface area contributed by atoms with Crippen molar-refractivity contribution in [3.8, 4) is 0 Å². The van der Waals surface area contributed by atoms with Gasteiger partial charge >= 0.3 is 5.97 Å². The van der Waals surface area contributed by atoms with Gasteiger partial charge in [0.1, 0.15) is 0 Å². The maximum Gasteiger partial charge on any atom is 0.303 e. The molecular formula is C10H20N2O3. The fourth-order valence-corrected chi connectivity index (χ4v) is 1.05. The van der Waals surface area contributed by atoms with Crippen LogP contribution >= 0.6 is 0 Å². The molecule has 0 spiro atoms. The number of amides is 1. The molecule has 0 aromatic rings. The number of rotatable bonds is 5. The van der Waals surface area contributed by atoms with Crippen molar-refractivity contribution < 1.29 is 14.7 Å². The molecule has 0 fully saturated rings. The van der Waals surface area contributed by atoms with Crippen LogP contribution in [-0.4, -0.2) is 27.5 Å². The molecule has 5 heteroatoms. The Morgan fingerprint density at radius 1 is 1.20 bits per heavy atom. The van der Waals surface area contributed by atoms with Gasteiger partial charge in [0.15, 0.2) is 0 Å². The Morgan fingerprint density at radius 3 is 2.07 bits per heavy atom. The number of carbonyl (C=O) groups is 2. The molecule has 0 aliphatic heterocycles. The summed E-state index contributed by atoms with van der Waals surface area (Å²) in [5, 5.41) is 9.60. The summed E-state index contributed by atoms with van der Waals surface area (Å²) >= 11 is 0. The van der Waals surface area contributed by atoms with E-state index in [0.29, 0.717) is 19.3 Å². The van der Waals surface area contributed by atoms with E-state index < -0.39 is 5.97 Å². The average molecular weight is 216 g/mol. The van der Waals surface area contributed by atoms with Crippen LogP contribution in [0, 0.1) is 0 Å². The number of hydrogen-bond donors (Lipinski definition) is 2. The standard InChI is InChI=1S/C10H20N2O3/c1-10(2,3)12(11)8(13)6-4-5-7-9(14)15/h4-7,11H2,1-3H3,(H,14,15). The Labute approximate surface area is 90.2 Å². The molecule has 0 saturated heterocycles. The largest absolute Gasteiger partial charge is 0.481 e. The van der Waals surface area contributed by atoms with Crippen molar-refractivity contribution in [1.82, 2.24) is 5.01 Å². The maximum absolute atomic E-state index is 11.5. The van der Waals surface area contributed by atoms with Gasteiger partial charge in [-0.3, -0.25) is 14.6 Å². The van der Waals surface area contributed by atoms with Gasteiger partial charge in [-0.05, 0) is 33.6 Å². The molecule has 0 heterocycles. The first-order valence-corrected chi connectivity index (χ1v) is 5.04. The topological polar surface area (TPSA) is 83.6 Å². The van der Waals surface area contributed by atoms with Gasteiger partial charge in [0.25, 0.3) is 0 Å². The zero-order valence-electron chi connectivity index (χ0n) is 9.62. The number of unbranched alkanes of at least 4 members (excludes halogenated alkanes) is 1. The Morgan fingerprint density at radius 2 is 1.67 bits per heavy atom. The molecule has 0 unspecified atom stereocenters. The normalized spacial score (nSPS) is 11.2. The van der Waals surface area contributed by atoms with E-state index in [-0.39, 0.29) is 17.9 Å². The lowest BCUT2D eigenvalue weighted by atomic mass is 10.1. The van der Waals surface area contributed by atoms with Crippen LogP contribution in [-0.2, 0) is 9.59 Å². The zero-order chi connectivity index (χ0) is 12.1. The predicted octanol–water partition coefficient (Wildman–Crippen LogP) is 1.13. The number of hydrogen-bond acceptors (Lipinski definition) is 3. The van der Waals surface area contributed by atoms with Crippen molar-refractivity contribution in [2.75, 3.05) is 0 Å². The highest BCUT2D eigenvalue weighted by molar-refractivity contribution is 5.76. The van der Waals surface area contributed by atoms with Crippen LogP contribution in [0.5, 0.6) is 0 Å². The SMILES string of the molecule is CC(C)(C)N(N)C(=O)CCCCC(=O)O. The second-order valence-corrected chi connectivity index (χ2v) is 4.54. The van der Waals surface area contributed by atoms with Crippen LogP contribution < -0.4 is 5.84 Å². The van der Waals surface area contributed by atoms with Gasteiger partial charge in [-0.2, -0.15) is 0 Å². The highest BCUT2D eigenvalue weighted by atomic mass is 16.4. The molecule has 0 radical (unpaired) electrons. The minimum atomic E-state index is -0.831. The van der Waals surface area contributed by atoms with E-state index in [1.807, 2.05) is 20.8 Å². The predicted molar refractivity (Wildman–Crippen MR) is 56.9 cm³/mol. The second-order valence-electron chi connectivity index (χ2n) is 4.54. The van der Waals surface area contributed by atoms with E-state index in [1.54, 1.807) is 0 Å². The molecule has 0 saturated carbocycles. The van der Waals surface area contributed by atoms with Crippen molar-refractivity contribution in [2.24, 2.45) is 5.84 Å². The van der Waals surface area contributed by atoms with E-state index >= 15 is 0 Å². The van der Waals surface area contributed by atoms with Gasteiger partial charge in [0.2, 0.25) is 5.91 Å². The third-order valence-electron chi connectivity index (χ3n) is 2.02. The summed E-state index contributed by atoms with van der Waals surface area (Å²) in [6.45, 7) is 5.55. The Balaban J connectivity index is 3.80. The summed E-state index contributed by atoms with van der Waals surface area (Å²) in [5.41, 5.74) is -0.385. The van der Waals surface area contributed by atoms with Crippen LogP contribution in [0.2, 0.25) is 0 Å². The molecule has 0 aromatic heterocycles. The number of carboxylic acids is 1. The first kappa shape index (κ1) is 13.9. The summed E-state index contributed by atoms with van der Waals surface area (Å²) < 4.78 is 0. The highest BCUT2D eigenvalue weighted by Crippen LogP contribution is 2.11. The van der Waals surface area contributed by atoms with Gasteiger partial charge in [-0.15, -0.1) is 0 Å². The number of nitrogens with two attached hydrogens (primary N) is 1. The van der Waals surface area contributed by atoms with Crippen LogP contribution in [0.4, 0.5) is 0 Å². The molecule has 1 amide bonds. The van der Waals surface area contributed by atoms with Gasteiger partial charge in [-0.25, -0.2) is 5.84 Å². The fraction of sp³-hybridized carbons (Fsp3) is 0.800. The third kappa shape index (κ3) is 6.06. The summed E-state index contributed by atoms with van der Waals surface area (Å²) in [4.78, 5) is 21.7. The van der Waals surface area contributed by atoms with Gasteiger partial charge in [-0.1, -0.05) is 0 Å². The highest BCUT2D eigenvalue weighted by Gasteiger charge is 2.22. The van der Waals surface area contributed by atoms with Gasteiger partial charge in [0.05, 0.1) is 5.54 Å². The Bertz CT molecular complexity index is 233. The molecule has 0 atom stereocenters. The fourth-order valence-electron chi connectivity index (χ4n) is 1.05. The number of hydrazine groups is 1. The van der Waals surface area contributed by atoms with Gasteiger partial charge < -0.3 is 5.11 Å². The molecule has 0 bridgehead atoms. The first-order chi connectivity index (χ1) is 6.75. The van der Waals surface area contributed by atoms with E-state index in [0.717, 1.165) is 0 Å². The second kappa shape index (κ2) is 5.70. The van der Waals surface area contributed by atoms with Crippen LogP contribution in [0.25, 0.3) is 0 Å². The molecule has 88 valence electrons. The van der Waals surface area contributed by atoms with E-state index in [2.05, 4.69) is 0 Å². The van der Waals surface area contributed by atoms with E-state index in [9.17, 15) is 9.59 Å². The molecule has 3 N–H and O–H groups in total. The molecular weight excluding hydrogens is 196 g/mol. The minimum absolute atomic E-state index is 0.105. The molecule has 0 aliphatic carbocycles. The minimum Gasteiger partial charge on any atom is -0.481 e. The quantitative estimate of drug-likeness (QED) is 0.312. The van der Waals surface area contributed by atoms with Crippen molar-refractivity contribution in [2.45, 2.75) is 52.0 Å². The van der Waals surface area contributed by atoms with E-state index in [1.165, 1.54) is 5.01 Å². The molecule has 0 rings (SSSR count). The lowest BCUT2D eigenvalue weighted by Gasteiger charge is -2.31. The van der Waals surface area contributed by atoms with Crippen LogP contribution in [0.3, 0.4) is 0 Å².